The number of carbonyl (C=O) groups excluding carboxylic acids is 2. The lowest BCUT2D eigenvalue weighted by Gasteiger charge is -2.34. The van der Waals surface area contributed by atoms with E-state index < -0.39 is 6.10 Å². The number of carbonyl (C=O) groups is 2. The molecule has 0 saturated carbocycles. The molecule has 154 valence electrons. The molecule has 1 aliphatic rings. The van der Waals surface area contributed by atoms with E-state index in [2.05, 4.69) is 19.2 Å². The summed E-state index contributed by atoms with van der Waals surface area (Å²) in [6.45, 7) is 10.4. The summed E-state index contributed by atoms with van der Waals surface area (Å²) in [5.41, 5.74) is 3.46. The van der Waals surface area contributed by atoms with Gasteiger partial charge in [-0.05, 0) is 56.0 Å². The van der Waals surface area contributed by atoms with Crippen molar-refractivity contribution in [2.24, 2.45) is 5.92 Å². The van der Waals surface area contributed by atoms with Crippen LogP contribution in [0.5, 0.6) is 11.5 Å². The molecule has 6 nitrogen and oxygen atoms in total. The van der Waals surface area contributed by atoms with Crippen LogP contribution in [0.2, 0.25) is 0 Å². The zero-order chi connectivity index (χ0) is 21.1. The average Bonchev–Trinajstić information content (AvgIpc) is 2.66. The van der Waals surface area contributed by atoms with Crippen molar-refractivity contribution >= 4 is 23.2 Å². The van der Waals surface area contributed by atoms with Crippen molar-refractivity contribution in [3.8, 4) is 11.5 Å². The largest absolute Gasteiger partial charge is 0.483 e. The second-order valence-corrected chi connectivity index (χ2v) is 7.82. The summed E-state index contributed by atoms with van der Waals surface area (Å²) >= 11 is 0. The molecule has 1 heterocycles. The molecule has 6 heteroatoms. The van der Waals surface area contributed by atoms with Gasteiger partial charge in [0, 0.05) is 18.3 Å². The number of hydrogen-bond donors (Lipinski definition) is 1. The van der Waals surface area contributed by atoms with Crippen molar-refractivity contribution < 1.29 is 19.1 Å². The Hall–Kier alpha value is -3.02. The van der Waals surface area contributed by atoms with Gasteiger partial charge in [-0.2, -0.15) is 0 Å². The van der Waals surface area contributed by atoms with Crippen LogP contribution in [0.1, 0.15) is 31.9 Å². The summed E-state index contributed by atoms with van der Waals surface area (Å²) in [4.78, 5) is 26.6. The first-order valence-electron chi connectivity index (χ1n) is 9.87. The summed E-state index contributed by atoms with van der Waals surface area (Å²) < 4.78 is 11.4. The van der Waals surface area contributed by atoms with Gasteiger partial charge in [0.05, 0.1) is 5.69 Å². The topological polar surface area (TPSA) is 67.9 Å². The van der Waals surface area contributed by atoms with E-state index in [1.54, 1.807) is 24.0 Å². The third-order valence-electron chi connectivity index (χ3n) is 4.91. The Morgan fingerprint density at radius 1 is 1.24 bits per heavy atom. The van der Waals surface area contributed by atoms with Crippen LogP contribution in [0.4, 0.5) is 11.4 Å². The van der Waals surface area contributed by atoms with Crippen LogP contribution in [0.3, 0.4) is 0 Å². The fourth-order valence-electron chi connectivity index (χ4n) is 3.26. The van der Waals surface area contributed by atoms with Crippen LogP contribution >= 0.6 is 0 Å². The molecular formula is C23H28N2O4. The molecule has 3 rings (SSSR count). The molecule has 2 amide bonds. The van der Waals surface area contributed by atoms with Crippen molar-refractivity contribution in [2.75, 3.05) is 23.4 Å². The lowest BCUT2D eigenvalue weighted by Crippen LogP contribution is -2.46. The van der Waals surface area contributed by atoms with Gasteiger partial charge in [-0.25, -0.2) is 0 Å². The fraction of sp³-hybridized carbons (Fsp3) is 0.391. The molecule has 2 aromatic rings. The van der Waals surface area contributed by atoms with E-state index in [0.717, 1.165) is 16.8 Å². The molecule has 1 unspecified atom stereocenters. The number of ether oxygens (including phenoxy) is 2. The van der Waals surface area contributed by atoms with Gasteiger partial charge in [0.1, 0.15) is 11.5 Å². The van der Waals surface area contributed by atoms with Crippen LogP contribution in [0.25, 0.3) is 0 Å². The minimum absolute atomic E-state index is 0.0510. The number of benzene rings is 2. The number of hydrogen-bond acceptors (Lipinski definition) is 4. The number of nitrogens with one attached hydrogen (secondary N) is 1. The van der Waals surface area contributed by atoms with E-state index >= 15 is 0 Å². The third kappa shape index (κ3) is 4.70. The highest BCUT2D eigenvalue weighted by atomic mass is 16.5. The standard InChI is InChI=1S/C23H28N2O4/c1-14(2)12-25-19-10-9-18(11-21(19)29-17(5)23(25)27)24-22(26)13-28-20-8-6-7-15(3)16(20)4/h6-11,14,17H,12-13H2,1-5H3,(H,24,26). The Bertz CT molecular complexity index is 923. The zero-order valence-corrected chi connectivity index (χ0v) is 17.6. The lowest BCUT2D eigenvalue weighted by molar-refractivity contribution is -0.125. The van der Waals surface area contributed by atoms with Crippen LogP contribution in [-0.4, -0.2) is 31.1 Å². The van der Waals surface area contributed by atoms with Gasteiger partial charge in [0.2, 0.25) is 0 Å². The number of anilines is 2. The van der Waals surface area contributed by atoms with Gasteiger partial charge >= 0.3 is 0 Å². The molecule has 1 N–H and O–H groups in total. The number of fused-ring (bicyclic) bond motifs is 1. The maximum atomic E-state index is 12.5. The molecule has 0 aliphatic carbocycles. The molecule has 1 aliphatic heterocycles. The van der Waals surface area contributed by atoms with E-state index in [1.807, 2.05) is 38.1 Å². The van der Waals surface area contributed by atoms with Crippen LogP contribution in [-0.2, 0) is 9.59 Å². The Balaban J connectivity index is 1.69. The first-order valence-corrected chi connectivity index (χ1v) is 9.87. The number of rotatable bonds is 6. The van der Waals surface area contributed by atoms with Crippen LogP contribution < -0.4 is 19.7 Å². The van der Waals surface area contributed by atoms with E-state index in [-0.39, 0.29) is 18.4 Å². The maximum absolute atomic E-state index is 12.5. The summed E-state index contributed by atoms with van der Waals surface area (Å²) in [5, 5.41) is 2.83. The Labute approximate surface area is 171 Å². The Morgan fingerprint density at radius 3 is 2.72 bits per heavy atom. The molecule has 2 aromatic carbocycles. The molecule has 0 radical (unpaired) electrons. The molecule has 0 saturated heterocycles. The van der Waals surface area contributed by atoms with Crippen molar-refractivity contribution in [1.29, 1.82) is 0 Å². The highest BCUT2D eigenvalue weighted by Crippen LogP contribution is 2.36. The fourth-order valence-corrected chi connectivity index (χ4v) is 3.26. The van der Waals surface area contributed by atoms with E-state index in [4.69, 9.17) is 9.47 Å². The van der Waals surface area contributed by atoms with Gasteiger partial charge in [0.25, 0.3) is 11.8 Å². The van der Waals surface area contributed by atoms with Crippen LogP contribution in [0, 0.1) is 19.8 Å². The molecule has 29 heavy (non-hydrogen) atoms. The number of aryl methyl sites for hydroxylation is 1. The maximum Gasteiger partial charge on any atom is 0.267 e. The molecule has 0 spiro atoms. The van der Waals surface area contributed by atoms with Gasteiger partial charge in [-0.3, -0.25) is 9.59 Å². The summed E-state index contributed by atoms with van der Waals surface area (Å²) in [6.07, 6.45) is -0.556. The monoisotopic (exact) mass is 396 g/mol. The quantitative estimate of drug-likeness (QED) is 0.799. The normalized spacial score (nSPS) is 15.7. The van der Waals surface area contributed by atoms with E-state index in [1.165, 1.54) is 0 Å². The minimum atomic E-state index is -0.556. The number of amides is 2. The third-order valence-corrected chi connectivity index (χ3v) is 4.91. The SMILES string of the molecule is Cc1cccc(OCC(=O)Nc2ccc3c(c2)OC(C)C(=O)N3CC(C)C)c1C. The van der Waals surface area contributed by atoms with Gasteiger partial charge in [0.15, 0.2) is 12.7 Å². The highest BCUT2D eigenvalue weighted by molar-refractivity contribution is 6.00. The first kappa shape index (κ1) is 20.7. The zero-order valence-electron chi connectivity index (χ0n) is 17.6. The average molecular weight is 396 g/mol. The van der Waals surface area contributed by atoms with Crippen molar-refractivity contribution in [2.45, 2.75) is 40.7 Å². The van der Waals surface area contributed by atoms with E-state index in [0.29, 0.717) is 29.6 Å². The van der Waals surface area contributed by atoms with Gasteiger partial charge in [-0.15, -0.1) is 0 Å². The van der Waals surface area contributed by atoms with Gasteiger partial charge < -0.3 is 19.7 Å². The predicted molar refractivity (Wildman–Crippen MR) is 114 cm³/mol. The van der Waals surface area contributed by atoms with E-state index in [9.17, 15) is 9.59 Å². The Kier molecular flexibility index (Phi) is 6.11. The predicted octanol–water partition coefficient (Wildman–Crippen LogP) is 4.09. The van der Waals surface area contributed by atoms with Crippen LogP contribution in [0.15, 0.2) is 36.4 Å². The molecule has 0 fully saturated rings. The highest BCUT2D eigenvalue weighted by Gasteiger charge is 2.32. The minimum Gasteiger partial charge on any atom is -0.483 e. The van der Waals surface area contributed by atoms with Gasteiger partial charge in [-0.1, -0.05) is 26.0 Å². The summed E-state index contributed by atoms with van der Waals surface area (Å²) in [5.74, 6) is 1.31. The lowest BCUT2D eigenvalue weighted by atomic mass is 10.1. The van der Waals surface area contributed by atoms with Crippen molar-refractivity contribution in [3.05, 3.63) is 47.5 Å². The number of nitrogens with zero attached hydrogens (tertiary/aromatic N) is 1. The summed E-state index contributed by atoms with van der Waals surface area (Å²) in [6, 6.07) is 11.1. The molecule has 0 bridgehead atoms. The second-order valence-electron chi connectivity index (χ2n) is 7.82. The smallest absolute Gasteiger partial charge is 0.267 e. The Morgan fingerprint density at radius 2 is 2.00 bits per heavy atom. The second kappa shape index (κ2) is 8.55. The molecular weight excluding hydrogens is 368 g/mol. The first-order chi connectivity index (χ1) is 13.8. The molecule has 0 aromatic heterocycles. The molecule has 1 atom stereocenters. The van der Waals surface area contributed by atoms with Crippen molar-refractivity contribution in [1.82, 2.24) is 0 Å². The van der Waals surface area contributed by atoms with Crippen molar-refractivity contribution in [3.63, 3.8) is 0 Å². The summed E-state index contributed by atoms with van der Waals surface area (Å²) in [7, 11) is 0.